The van der Waals surface area contributed by atoms with E-state index >= 15 is 0 Å². The number of aliphatic hydroxyl groups excluding tert-OH is 5. The Labute approximate surface area is 327 Å². The van der Waals surface area contributed by atoms with Crippen LogP contribution in [0.4, 0.5) is 0 Å². The van der Waals surface area contributed by atoms with Crippen molar-refractivity contribution in [2.45, 2.75) is 148 Å². The number of benzene rings is 1. The number of carbonyl (C=O) groups excluding carboxylic acids is 4. The molecule has 3 aliphatic carbocycles. The summed E-state index contributed by atoms with van der Waals surface area (Å²) >= 11 is 0. The number of hydrogen-bond acceptors (Lipinski definition) is 14. The lowest BCUT2D eigenvalue weighted by Gasteiger charge is -2.69. The van der Waals surface area contributed by atoms with Gasteiger partial charge in [0, 0.05) is 29.6 Å². The van der Waals surface area contributed by atoms with Gasteiger partial charge in [0.2, 0.25) is 5.91 Å². The average Bonchev–Trinajstić information content (AvgIpc) is 3.10. The fourth-order valence-corrected chi connectivity index (χ4v) is 9.67. The van der Waals surface area contributed by atoms with Crippen LogP contribution in [0.3, 0.4) is 0 Å². The lowest BCUT2D eigenvalue weighted by Crippen LogP contribution is -2.84. The quantitative estimate of drug-likeness (QED) is 0.106. The van der Waals surface area contributed by atoms with Gasteiger partial charge in [-0.05, 0) is 42.5 Å². The van der Waals surface area contributed by atoms with Crippen LogP contribution >= 0.6 is 0 Å². The zero-order valence-electron chi connectivity index (χ0n) is 33.8. The van der Waals surface area contributed by atoms with E-state index in [-0.39, 0.29) is 42.1 Å². The summed E-state index contributed by atoms with van der Waals surface area (Å²) in [5, 5.41) is 76.5. The van der Waals surface area contributed by atoms with Crippen LogP contribution in [0.2, 0.25) is 0 Å². The highest BCUT2D eigenvalue weighted by molar-refractivity contribution is 5.89. The first-order chi connectivity index (χ1) is 25.8. The molecule has 56 heavy (non-hydrogen) atoms. The Morgan fingerprint density at radius 3 is 2.11 bits per heavy atom. The zero-order chi connectivity index (χ0) is 42.1. The number of rotatable bonds is 9. The van der Waals surface area contributed by atoms with Gasteiger partial charge in [0.25, 0.3) is 0 Å². The molecule has 7 N–H and O–H groups in total. The molecule has 1 amide bonds. The number of aliphatic hydroxyl groups is 6. The third-order valence-corrected chi connectivity index (χ3v) is 12.8. The van der Waals surface area contributed by atoms with Crippen molar-refractivity contribution in [2.24, 2.45) is 28.1 Å². The van der Waals surface area contributed by atoms with Gasteiger partial charge in [0.15, 0.2) is 17.8 Å². The molecule has 5 rings (SSSR count). The lowest BCUT2D eigenvalue weighted by atomic mass is 9.44. The molecular weight excluding hydrogens is 730 g/mol. The van der Waals surface area contributed by atoms with Crippen LogP contribution in [-0.4, -0.2) is 127 Å². The van der Waals surface area contributed by atoms with Crippen LogP contribution in [0.25, 0.3) is 0 Å². The number of esters is 3. The Bertz CT molecular complexity index is 1720. The van der Waals surface area contributed by atoms with E-state index in [1.807, 2.05) is 13.8 Å². The van der Waals surface area contributed by atoms with Gasteiger partial charge in [-0.2, -0.15) is 0 Å². The summed E-state index contributed by atoms with van der Waals surface area (Å²) in [4.78, 5) is 53.9. The molecule has 1 aromatic rings. The Morgan fingerprint density at radius 1 is 0.982 bits per heavy atom. The molecule has 2 saturated carbocycles. The number of hydrogen-bond donors (Lipinski definition) is 7. The minimum atomic E-state index is -2.75. The maximum absolute atomic E-state index is 14.1. The molecule has 1 saturated heterocycles. The molecule has 3 fully saturated rings. The molecule has 2 unspecified atom stereocenters. The predicted molar refractivity (Wildman–Crippen MR) is 198 cm³/mol. The van der Waals surface area contributed by atoms with Crippen LogP contribution in [0, 0.1) is 28.1 Å². The SMILES string of the molecule is CC(=O)O[C@@]12CO[C@@H]1C[C@H](O)[C@]1(C)C2C(OC(=O)c2ccccc2)[C@]2(O)[C@@H](O)[C@H](OC(=O)[C@H](O)[C@H](CC(C)C)NC(=O)C(C)(C)C)C(C)=C([C@@H](O)[C@H]1O)C2(C)C. The first-order valence-electron chi connectivity index (χ1n) is 19.2. The fourth-order valence-electron chi connectivity index (χ4n) is 9.67. The van der Waals surface area contributed by atoms with Crippen LogP contribution in [0.1, 0.15) is 92.4 Å². The van der Waals surface area contributed by atoms with Gasteiger partial charge < -0.3 is 54.9 Å². The zero-order valence-corrected chi connectivity index (χ0v) is 33.8. The van der Waals surface area contributed by atoms with Crippen molar-refractivity contribution >= 4 is 23.8 Å². The molecule has 1 heterocycles. The maximum atomic E-state index is 14.1. The van der Waals surface area contributed by atoms with Crippen molar-refractivity contribution in [2.75, 3.05) is 6.61 Å². The van der Waals surface area contributed by atoms with E-state index < -0.39 is 112 Å². The van der Waals surface area contributed by atoms with Crippen molar-refractivity contribution in [1.82, 2.24) is 5.32 Å². The number of carbonyl (C=O) groups is 4. The Morgan fingerprint density at radius 2 is 1.59 bits per heavy atom. The van der Waals surface area contributed by atoms with Gasteiger partial charge in [-0.1, -0.05) is 73.6 Å². The third kappa shape index (κ3) is 6.86. The van der Waals surface area contributed by atoms with Gasteiger partial charge in [-0.25, -0.2) is 9.59 Å². The molecule has 0 radical (unpaired) electrons. The van der Waals surface area contributed by atoms with Gasteiger partial charge in [-0.3, -0.25) is 9.59 Å². The van der Waals surface area contributed by atoms with E-state index in [1.54, 1.807) is 39.0 Å². The monoisotopic (exact) mass is 789 g/mol. The highest BCUT2D eigenvalue weighted by atomic mass is 16.6. The fraction of sp³-hybridized carbons (Fsp3) is 0.707. The van der Waals surface area contributed by atoms with Crippen LogP contribution in [0.5, 0.6) is 0 Å². The molecule has 4 aliphatic rings. The van der Waals surface area contributed by atoms with Gasteiger partial charge >= 0.3 is 17.9 Å². The molecule has 2 bridgehead atoms. The average molecular weight is 790 g/mol. The maximum Gasteiger partial charge on any atom is 0.338 e. The van der Waals surface area contributed by atoms with Crippen molar-refractivity contribution in [1.29, 1.82) is 0 Å². The van der Waals surface area contributed by atoms with Crippen molar-refractivity contribution in [3.05, 3.63) is 47.0 Å². The highest BCUT2D eigenvalue weighted by Crippen LogP contribution is 2.65. The van der Waals surface area contributed by atoms with Crippen molar-refractivity contribution in [3.8, 4) is 0 Å². The van der Waals surface area contributed by atoms with E-state index in [0.717, 1.165) is 6.92 Å². The number of fused-ring (bicyclic) bond motifs is 5. The molecule has 1 aromatic carbocycles. The molecular formula is C41H59NO14. The highest BCUT2D eigenvalue weighted by Gasteiger charge is 2.79. The standard InChI is InChI=1S/C41H59NO14/c1-19(2)16-23(42-36(51)37(5,6)7)27(45)35(50)54-29-20(3)26-28(46)31(47)39(10)24(44)17-25-40(18-53-25,56-21(4)43)30(39)33(41(52,32(29)48)38(26,8)9)55-34(49)22-14-12-11-13-15-22/h11-15,19,23-25,27-33,44-48,52H,16-18H2,1-10H3,(H,42,51)/t23-,24-,25+,27+,28+,29+,30?,31+,32-,33?,39+,40-,41+/m0/s1. The first-order valence-corrected chi connectivity index (χ1v) is 19.2. The molecule has 312 valence electrons. The number of amides is 1. The summed E-state index contributed by atoms with van der Waals surface area (Å²) in [5.74, 6) is -5.15. The van der Waals surface area contributed by atoms with E-state index in [9.17, 15) is 49.8 Å². The Balaban J connectivity index is 1.72. The third-order valence-electron chi connectivity index (χ3n) is 12.8. The molecule has 0 spiro atoms. The number of ether oxygens (including phenoxy) is 4. The van der Waals surface area contributed by atoms with E-state index in [2.05, 4.69) is 5.32 Å². The summed E-state index contributed by atoms with van der Waals surface area (Å²) in [7, 11) is 0. The second kappa shape index (κ2) is 15.1. The van der Waals surface area contributed by atoms with Crippen molar-refractivity contribution < 1.29 is 68.8 Å². The first kappa shape index (κ1) is 43.7. The molecule has 0 aromatic heterocycles. The van der Waals surface area contributed by atoms with Crippen LogP contribution in [-0.2, 0) is 33.3 Å². The van der Waals surface area contributed by atoms with Crippen LogP contribution < -0.4 is 5.32 Å². The second-order valence-corrected chi connectivity index (χ2v) is 18.3. The summed E-state index contributed by atoms with van der Waals surface area (Å²) in [6, 6.07) is 6.61. The molecule has 1 aliphatic heterocycles. The number of nitrogens with one attached hydrogen (secondary N) is 1. The lowest BCUT2D eigenvalue weighted by molar-refractivity contribution is -0.370. The minimum Gasteiger partial charge on any atom is -0.455 e. The normalized spacial score (nSPS) is 37.4. The second-order valence-electron chi connectivity index (χ2n) is 18.3. The topological polar surface area (TPSA) is 239 Å². The molecule has 13 atom stereocenters. The van der Waals surface area contributed by atoms with Crippen LogP contribution in [0.15, 0.2) is 41.5 Å². The van der Waals surface area contributed by atoms with Crippen molar-refractivity contribution in [3.63, 3.8) is 0 Å². The van der Waals surface area contributed by atoms with E-state index in [1.165, 1.54) is 39.8 Å². The summed E-state index contributed by atoms with van der Waals surface area (Å²) in [5.41, 5.74) is -9.17. The van der Waals surface area contributed by atoms with Gasteiger partial charge in [0.1, 0.15) is 30.0 Å². The van der Waals surface area contributed by atoms with E-state index in [0.29, 0.717) is 0 Å². The summed E-state index contributed by atoms with van der Waals surface area (Å²) in [6.07, 6.45) is -14.3. The van der Waals surface area contributed by atoms with E-state index in [4.69, 9.17) is 18.9 Å². The Kier molecular flexibility index (Phi) is 11.7. The molecule has 15 nitrogen and oxygen atoms in total. The Hall–Kier alpha value is -3.44. The summed E-state index contributed by atoms with van der Waals surface area (Å²) in [6.45, 7) is 15.2. The van der Waals surface area contributed by atoms with Gasteiger partial charge in [0.05, 0.1) is 36.3 Å². The predicted octanol–water partition coefficient (Wildman–Crippen LogP) is 1.33. The van der Waals surface area contributed by atoms with Gasteiger partial charge in [-0.15, -0.1) is 0 Å². The molecule has 15 heteroatoms. The smallest absolute Gasteiger partial charge is 0.338 e. The summed E-state index contributed by atoms with van der Waals surface area (Å²) < 4.78 is 23.9. The minimum absolute atomic E-state index is 0.0125. The largest absolute Gasteiger partial charge is 0.455 e.